The first kappa shape index (κ1) is 16.2. The van der Waals surface area contributed by atoms with Gasteiger partial charge in [-0.25, -0.2) is 0 Å². The molecule has 3 rings (SSSR count). The molecule has 1 N–H and O–H groups in total. The van der Waals surface area contributed by atoms with Crippen molar-refractivity contribution >= 4 is 5.91 Å². The highest BCUT2D eigenvalue weighted by molar-refractivity contribution is 5.97. The summed E-state index contributed by atoms with van der Waals surface area (Å²) < 4.78 is 16.3. The van der Waals surface area contributed by atoms with Crippen LogP contribution in [-0.4, -0.2) is 26.7 Å². The first-order chi connectivity index (χ1) is 11.6. The lowest BCUT2D eigenvalue weighted by molar-refractivity contribution is 0.0921. The molecule has 1 amide bonds. The smallest absolute Gasteiger partial charge is 0.255 e. The number of amides is 1. The van der Waals surface area contributed by atoms with Crippen molar-refractivity contribution in [2.45, 2.75) is 19.4 Å². The van der Waals surface area contributed by atoms with Gasteiger partial charge in [0.2, 0.25) is 0 Å². The third-order valence-electron chi connectivity index (χ3n) is 4.23. The average molecular weight is 327 g/mol. The van der Waals surface area contributed by atoms with E-state index in [4.69, 9.17) is 14.2 Å². The average Bonchev–Trinajstić information content (AvgIpc) is 2.62. The molecule has 0 aromatic heterocycles. The van der Waals surface area contributed by atoms with Gasteiger partial charge in [0.1, 0.15) is 17.2 Å². The molecule has 1 aliphatic rings. The third-order valence-corrected chi connectivity index (χ3v) is 4.23. The third kappa shape index (κ3) is 3.02. The Morgan fingerprint density at radius 2 is 2.04 bits per heavy atom. The van der Waals surface area contributed by atoms with E-state index in [0.29, 0.717) is 23.7 Å². The summed E-state index contributed by atoms with van der Waals surface area (Å²) in [6.07, 6.45) is 0.731. The first-order valence-electron chi connectivity index (χ1n) is 7.89. The maximum Gasteiger partial charge on any atom is 0.255 e. The fourth-order valence-electron chi connectivity index (χ4n) is 2.96. The highest BCUT2D eigenvalue weighted by Gasteiger charge is 2.25. The number of methoxy groups -OCH3 is 2. The molecule has 0 saturated carbocycles. The van der Waals surface area contributed by atoms with Gasteiger partial charge in [-0.2, -0.15) is 0 Å². The van der Waals surface area contributed by atoms with E-state index < -0.39 is 0 Å². The molecule has 5 nitrogen and oxygen atoms in total. The van der Waals surface area contributed by atoms with Gasteiger partial charge < -0.3 is 19.5 Å². The Bertz CT molecular complexity index is 757. The molecule has 0 spiro atoms. The molecular weight excluding hydrogens is 306 g/mol. The van der Waals surface area contributed by atoms with Crippen LogP contribution in [0.5, 0.6) is 17.2 Å². The summed E-state index contributed by atoms with van der Waals surface area (Å²) in [5.74, 6) is 1.81. The number of carbonyl (C=O) groups is 1. The lowest BCUT2D eigenvalue weighted by Crippen LogP contribution is -2.32. The number of carbonyl (C=O) groups excluding carboxylic acids is 1. The molecule has 1 atom stereocenters. The van der Waals surface area contributed by atoms with Crippen LogP contribution in [0.25, 0.3) is 0 Å². The molecule has 1 heterocycles. The summed E-state index contributed by atoms with van der Waals surface area (Å²) >= 11 is 0. The van der Waals surface area contributed by atoms with E-state index in [0.717, 1.165) is 23.3 Å². The molecule has 126 valence electrons. The molecular formula is C19H21NO4. The largest absolute Gasteiger partial charge is 0.497 e. The van der Waals surface area contributed by atoms with Crippen LogP contribution in [0, 0.1) is 6.92 Å². The zero-order valence-electron chi connectivity index (χ0n) is 14.1. The topological polar surface area (TPSA) is 56.8 Å². The van der Waals surface area contributed by atoms with Crippen LogP contribution in [0.3, 0.4) is 0 Å². The van der Waals surface area contributed by atoms with Crippen molar-refractivity contribution in [3.05, 3.63) is 53.1 Å². The Balaban J connectivity index is 1.88. The maximum absolute atomic E-state index is 12.8. The Hall–Kier alpha value is -2.69. The molecule has 5 heteroatoms. The minimum absolute atomic E-state index is 0.0861. The SMILES string of the molecule is COc1ccc(OC)c(C(=O)N[C@@H]2CCOc3c(C)cccc32)c1. The fourth-order valence-corrected chi connectivity index (χ4v) is 2.96. The molecule has 0 bridgehead atoms. The Morgan fingerprint density at radius 3 is 2.79 bits per heavy atom. The van der Waals surface area contributed by atoms with Crippen LogP contribution in [0.2, 0.25) is 0 Å². The van der Waals surface area contributed by atoms with E-state index in [2.05, 4.69) is 5.32 Å². The summed E-state index contributed by atoms with van der Waals surface area (Å²) in [7, 11) is 3.12. The molecule has 0 unspecified atom stereocenters. The Morgan fingerprint density at radius 1 is 1.21 bits per heavy atom. The fraction of sp³-hybridized carbons (Fsp3) is 0.316. The molecule has 0 fully saturated rings. The van der Waals surface area contributed by atoms with Gasteiger partial charge in [0.25, 0.3) is 5.91 Å². The van der Waals surface area contributed by atoms with Crippen molar-refractivity contribution in [2.75, 3.05) is 20.8 Å². The van der Waals surface area contributed by atoms with Crippen LogP contribution < -0.4 is 19.5 Å². The molecule has 0 radical (unpaired) electrons. The molecule has 2 aromatic carbocycles. The molecule has 0 aliphatic carbocycles. The summed E-state index contributed by atoms with van der Waals surface area (Å²) in [4.78, 5) is 12.8. The summed E-state index contributed by atoms with van der Waals surface area (Å²) in [5.41, 5.74) is 2.54. The van der Waals surface area contributed by atoms with E-state index >= 15 is 0 Å². The second-order valence-electron chi connectivity index (χ2n) is 5.72. The summed E-state index contributed by atoms with van der Waals surface area (Å²) in [6, 6.07) is 11.1. The number of rotatable bonds is 4. The van der Waals surface area contributed by atoms with Crippen LogP contribution in [0.1, 0.15) is 33.9 Å². The van der Waals surface area contributed by atoms with E-state index in [1.165, 1.54) is 0 Å². The number of para-hydroxylation sites is 1. The highest BCUT2D eigenvalue weighted by Crippen LogP contribution is 2.35. The van der Waals surface area contributed by atoms with Gasteiger partial charge in [-0.15, -0.1) is 0 Å². The van der Waals surface area contributed by atoms with Gasteiger partial charge in [0.05, 0.1) is 32.4 Å². The zero-order valence-corrected chi connectivity index (χ0v) is 14.1. The lowest BCUT2D eigenvalue weighted by Gasteiger charge is -2.28. The van der Waals surface area contributed by atoms with Gasteiger partial charge in [-0.05, 0) is 30.7 Å². The van der Waals surface area contributed by atoms with E-state index in [9.17, 15) is 4.79 Å². The van der Waals surface area contributed by atoms with Gasteiger partial charge in [0, 0.05) is 12.0 Å². The molecule has 1 aliphatic heterocycles. The number of hydrogen-bond donors (Lipinski definition) is 1. The van der Waals surface area contributed by atoms with Crippen molar-refractivity contribution < 1.29 is 19.0 Å². The van der Waals surface area contributed by atoms with Crippen molar-refractivity contribution in [3.63, 3.8) is 0 Å². The first-order valence-corrected chi connectivity index (χ1v) is 7.89. The van der Waals surface area contributed by atoms with Crippen LogP contribution in [-0.2, 0) is 0 Å². The van der Waals surface area contributed by atoms with E-state index in [-0.39, 0.29) is 11.9 Å². The van der Waals surface area contributed by atoms with Gasteiger partial charge in [-0.1, -0.05) is 18.2 Å². The van der Waals surface area contributed by atoms with Crippen molar-refractivity contribution in [1.29, 1.82) is 0 Å². The van der Waals surface area contributed by atoms with Crippen LogP contribution in [0.15, 0.2) is 36.4 Å². The van der Waals surface area contributed by atoms with E-state index in [1.807, 2.05) is 25.1 Å². The quantitative estimate of drug-likeness (QED) is 0.936. The summed E-state index contributed by atoms with van der Waals surface area (Å²) in [6.45, 7) is 2.59. The molecule has 0 saturated heterocycles. The summed E-state index contributed by atoms with van der Waals surface area (Å²) in [5, 5.41) is 3.09. The molecule has 24 heavy (non-hydrogen) atoms. The van der Waals surface area contributed by atoms with Gasteiger partial charge in [-0.3, -0.25) is 4.79 Å². The predicted molar refractivity (Wildman–Crippen MR) is 91.0 cm³/mol. The van der Waals surface area contributed by atoms with Crippen molar-refractivity contribution in [3.8, 4) is 17.2 Å². The Kier molecular flexibility index (Phi) is 4.60. The lowest BCUT2D eigenvalue weighted by atomic mass is 9.97. The van der Waals surface area contributed by atoms with Crippen molar-refractivity contribution in [1.82, 2.24) is 5.32 Å². The monoisotopic (exact) mass is 327 g/mol. The number of nitrogens with one attached hydrogen (secondary N) is 1. The number of ether oxygens (including phenoxy) is 3. The highest BCUT2D eigenvalue weighted by atomic mass is 16.5. The maximum atomic E-state index is 12.8. The van der Waals surface area contributed by atoms with Gasteiger partial charge >= 0.3 is 0 Å². The minimum Gasteiger partial charge on any atom is -0.497 e. The second-order valence-corrected chi connectivity index (χ2v) is 5.72. The number of hydrogen-bond acceptors (Lipinski definition) is 4. The molecule has 2 aromatic rings. The second kappa shape index (κ2) is 6.83. The zero-order chi connectivity index (χ0) is 17.1. The van der Waals surface area contributed by atoms with Crippen molar-refractivity contribution in [2.24, 2.45) is 0 Å². The van der Waals surface area contributed by atoms with Crippen LogP contribution >= 0.6 is 0 Å². The van der Waals surface area contributed by atoms with E-state index in [1.54, 1.807) is 32.4 Å². The predicted octanol–water partition coefficient (Wildman–Crippen LogP) is 3.27. The van der Waals surface area contributed by atoms with Crippen LogP contribution in [0.4, 0.5) is 0 Å². The normalized spacial score (nSPS) is 15.9. The number of fused-ring (bicyclic) bond motifs is 1. The number of benzene rings is 2. The standard InChI is InChI=1S/C19H21NO4/c1-12-5-4-6-14-16(9-10-24-18(12)14)20-19(21)15-11-13(22-2)7-8-17(15)23-3/h4-8,11,16H,9-10H2,1-3H3,(H,20,21)/t16-/m1/s1. The van der Waals surface area contributed by atoms with Gasteiger partial charge in [0.15, 0.2) is 0 Å². The minimum atomic E-state index is -0.190. The number of aryl methyl sites for hydroxylation is 1. The Labute approximate surface area is 141 Å².